The van der Waals surface area contributed by atoms with Crippen LogP contribution in [0.2, 0.25) is 0 Å². The summed E-state index contributed by atoms with van der Waals surface area (Å²) in [5.41, 5.74) is 2.73. The highest BCUT2D eigenvalue weighted by Crippen LogP contribution is 2.39. The van der Waals surface area contributed by atoms with Crippen molar-refractivity contribution in [2.75, 3.05) is 14.1 Å². The predicted octanol–water partition coefficient (Wildman–Crippen LogP) is 2.32. The number of hydrogen-bond acceptors (Lipinski definition) is 4. The molecule has 0 aromatic heterocycles. The van der Waals surface area contributed by atoms with Crippen molar-refractivity contribution < 1.29 is 18.0 Å². The Kier molecular flexibility index (Phi) is 3.98. The molecular weight excluding hydrogens is 354 g/mol. The summed E-state index contributed by atoms with van der Waals surface area (Å²) in [6.07, 6.45) is -0.350. The van der Waals surface area contributed by atoms with Crippen LogP contribution >= 0.6 is 0 Å². The van der Waals surface area contributed by atoms with Gasteiger partial charge >= 0.3 is 6.03 Å². The lowest BCUT2D eigenvalue weighted by molar-refractivity contribution is 0.137. The molecule has 2 aromatic rings. The molecule has 26 heavy (non-hydrogen) atoms. The molecule has 0 saturated carbocycles. The second-order valence-electron chi connectivity index (χ2n) is 6.55. The summed E-state index contributed by atoms with van der Waals surface area (Å²) in [5.74, 6) is 0. The third kappa shape index (κ3) is 2.86. The number of carbonyl (C=O) groups excluding carboxylic acids is 1. The van der Waals surface area contributed by atoms with Gasteiger partial charge in [-0.2, -0.15) is 5.06 Å². The van der Waals surface area contributed by atoms with Gasteiger partial charge in [-0.1, -0.05) is 36.4 Å². The number of nitrogens with zero attached hydrogens (tertiary/aromatic N) is 3. The molecule has 136 valence electrons. The number of sulfonamides is 1. The Morgan fingerprint density at radius 2 is 1.77 bits per heavy atom. The second-order valence-corrected chi connectivity index (χ2v) is 8.70. The average Bonchev–Trinajstić information content (AvgIpc) is 3.32. The fourth-order valence-corrected chi connectivity index (χ4v) is 4.01. The van der Waals surface area contributed by atoms with E-state index in [2.05, 4.69) is 0 Å². The maximum atomic E-state index is 12.7. The molecule has 0 bridgehead atoms. The summed E-state index contributed by atoms with van der Waals surface area (Å²) < 4.78 is 25.7. The zero-order valence-corrected chi connectivity index (χ0v) is 15.3. The largest absolute Gasteiger partial charge is 0.347 e. The summed E-state index contributed by atoms with van der Waals surface area (Å²) >= 11 is 0. The molecule has 1 saturated heterocycles. The number of fused-ring (bicyclic) bond motifs is 1. The van der Waals surface area contributed by atoms with Crippen molar-refractivity contribution in [3.05, 3.63) is 65.2 Å². The molecule has 0 radical (unpaired) electrons. The van der Waals surface area contributed by atoms with Gasteiger partial charge in [-0.3, -0.25) is 0 Å². The predicted molar refractivity (Wildman–Crippen MR) is 94.1 cm³/mol. The molecule has 1 unspecified atom stereocenters. The number of urea groups is 1. The van der Waals surface area contributed by atoms with Gasteiger partial charge in [0.1, 0.15) is 0 Å². The number of hydrogen-bond donors (Lipinski definition) is 0. The first kappa shape index (κ1) is 17.0. The third-order valence-corrected chi connectivity index (χ3v) is 6.41. The summed E-state index contributed by atoms with van der Waals surface area (Å²) in [4.78, 5) is 20.0. The topological polar surface area (TPSA) is 73.2 Å². The van der Waals surface area contributed by atoms with Crippen molar-refractivity contribution in [2.45, 2.75) is 24.2 Å². The van der Waals surface area contributed by atoms with Crippen molar-refractivity contribution in [3.63, 3.8) is 0 Å². The highest BCUT2D eigenvalue weighted by atomic mass is 32.2. The maximum absolute atomic E-state index is 12.7. The lowest BCUT2D eigenvalue weighted by Gasteiger charge is -2.14. The first-order valence-electron chi connectivity index (χ1n) is 8.22. The molecule has 2 aliphatic rings. The minimum absolute atomic E-state index is 0.216. The van der Waals surface area contributed by atoms with E-state index in [4.69, 9.17) is 4.84 Å². The Balaban J connectivity index is 1.49. The summed E-state index contributed by atoms with van der Waals surface area (Å²) in [7, 11) is -0.491. The Labute approximate surface area is 152 Å². The number of rotatable bonds is 3. The van der Waals surface area contributed by atoms with E-state index in [-0.39, 0.29) is 17.2 Å². The highest BCUT2D eigenvalue weighted by Gasteiger charge is 2.45. The molecule has 8 heteroatoms. The van der Waals surface area contributed by atoms with Gasteiger partial charge in [-0.15, -0.1) is 0 Å². The minimum Gasteiger partial charge on any atom is -0.314 e. The molecule has 0 aliphatic carbocycles. The lowest BCUT2D eigenvalue weighted by Crippen LogP contribution is -2.30. The van der Waals surface area contributed by atoms with Crippen LogP contribution in [0, 0.1) is 0 Å². The molecule has 0 spiro atoms. The van der Waals surface area contributed by atoms with E-state index in [1.54, 1.807) is 23.1 Å². The van der Waals surface area contributed by atoms with E-state index in [0.29, 0.717) is 13.1 Å². The smallest absolute Gasteiger partial charge is 0.314 e. The zero-order valence-electron chi connectivity index (χ0n) is 14.5. The van der Waals surface area contributed by atoms with Crippen LogP contribution in [0.4, 0.5) is 4.79 Å². The van der Waals surface area contributed by atoms with Crippen LogP contribution in [-0.4, -0.2) is 42.8 Å². The van der Waals surface area contributed by atoms with Crippen molar-refractivity contribution >= 4 is 16.1 Å². The highest BCUT2D eigenvalue weighted by molar-refractivity contribution is 7.89. The van der Waals surface area contributed by atoms with E-state index < -0.39 is 10.0 Å². The number of hydroxylamine groups is 2. The van der Waals surface area contributed by atoms with Gasteiger partial charge in [-0.25, -0.2) is 22.4 Å². The Morgan fingerprint density at radius 1 is 1.08 bits per heavy atom. The van der Waals surface area contributed by atoms with Crippen molar-refractivity contribution in [3.8, 4) is 0 Å². The molecule has 1 fully saturated rings. The van der Waals surface area contributed by atoms with Gasteiger partial charge in [0.2, 0.25) is 16.3 Å². The van der Waals surface area contributed by atoms with Crippen molar-refractivity contribution in [1.82, 2.24) is 14.3 Å². The van der Waals surface area contributed by atoms with Gasteiger partial charge in [0.25, 0.3) is 0 Å². The molecule has 2 aliphatic heterocycles. The second kappa shape index (κ2) is 6.08. The lowest BCUT2D eigenvalue weighted by atomic mass is 10.1. The summed E-state index contributed by atoms with van der Waals surface area (Å²) in [6, 6.07) is 14.3. The Bertz CT molecular complexity index is 960. The van der Waals surface area contributed by atoms with Crippen LogP contribution in [-0.2, 0) is 28.0 Å². The third-order valence-electron chi connectivity index (χ3n) is 4.60. The van der Waals surface area contributed by atoms with Crippen LogP contribution in [0.5, 0.6) is 0 Å². The van der Waals surface area contributed by atoms with Crippen LogP contribution in [0.3, 0.4) is 0 Å². The maximum Gasteiger partial charge on any atom is 0.347 e. The molecule has 2 heterocycles. The number of carbonyl (C=O) groups is 1. The van der Waals surface area contributed by atoms with E-state index in [1.165, 1.54) is 23.5 Å². The van der Waals surface area contributed by atoms with Gasteiger partial charge < -0.3 is 4.90 Å². The standard InChI is InChI=1S/C18H19N3O4S/c1-19(2)26(23,24)16-9-8-14-11-20(12-15(14)10-16)18(22)21-17(25-21)13-6-4-3-5-7-13/h3-10,17H,11-12H2,1-2H3. The normalized spacial score (nSPS) is 19.0. The molecular formula is C18H19N3O4S. The minimum atomic E-state index is -3.49. The quantitative estimate of drug-likeness (QED) is 0.774. The molecule has 1 atom stereocenters. The summed E-state index contributed by atoms with van der Waals surface area (Å²) in [5, 5.41) is 1.35. The van der Waals surface area contributed by atoms with Gasteiger partial charge in [0, 0.05) is 32.7 Å². The van der Waals surface area contributed by atoms with Crippen LogP contribution < -0.4 is 0 Å². The van der Waals surface area contributed by atoms with E-state index >= 15 is 0 Å². The molecule has 2 aromatic carbocycles. The van der Waals surface area contributed by atoms with Crippen LogP contribution in [0.1, 0.15) is 22.9 Å². The van der Waals surface area contributed by atoms with E-state index in [1.807, 2.05) is 30.3 Å². The fraction of sp³-hybridized carbons (Fsp3) is 0.278. The van der Waals surface area contributed by atoms with Gasteiger partial charge in [-0.05, 0) is 23.3 Å². The van der Waals surface area contributed by atoms with Crippen molar-refractivity contribution in [2.24, 2.45) is 0 Å². The van der Waals surface area contributed by atoms with E-state index in [9.17, 15) is 13.2 Å². The first-order valence-corrected chi connectivity index (χ1v) is 9.66. The number of benzene rings is 2. The molecule has 0 N–H and O–H groups in total. The first-order chi connectivity index (χ1) is 12.4. The number of amides is 2. The molecule has 7 nitrogen and oxygen atoms in total. The fourth-order valence-electron chi connectivity index (χ4n) is 3.06. The van der Waals surface area contributed by atoms with Gasteiger partial charge in [0.15, 0.2) is 0 Å². The van der Waals surface area contributed by atoms with Crippen LogP contribution in [0.15, 0.2) is 53.4 Å². The monoisotopic (exact) mass is 373 g/mol. The zero-order chi connectivity index (χ0) is 18.5. The van der Waals surface area contributed by atoms with E-state index in [0.717, 1.165) is 16.7 Å². The molecule has 4 rings (SSSR count). The van der Waals surface area contributed by atoms with Gasteiger partial charge in [0.05, 0.1) is 4.90 Å². The SMILES string of the molecule is CN(C)S(=O)(=O)c1ccc2c(c1)CN(C(=O)N1OC1c1ccccc1)C2. The Hall–Kier alpha value is -2.42. The Morgan fingerprint density at radius 3 is 2.46 bits per heavy atom. The van der Waals surface area contributed by atoms with Crippen LogP contribution in [0.25, 0.3) is 0 Å². The van der Waals surface area contributed by atoms with Crippen molar-refractivity contribution in [1.29, 1.82) is 0 Å². The average molecular weight is 373 g/mol. The molecule has 2 amide bonds. The summed E-state index contributed by atoms with van der Waals surface area (Å²) in [6.45, 7) is 0.810.